The smallest absolute Gasteiger partial charge is 0.218 e. The Morgan fingerprint density at radius 3 is 2.56 bits per heavy atom. The molecule has 1 heterocycles. The minimum absolute atomic E-state index is 0.0442. The average molecular weight is 286 g/mol. The third-order valence-electron chi connectivity index (χ3n) is 2.25. The quantitative estimate of drug-likeness (QED) is 0.604. The van der Waals surface area contributed by atoms with Crippen molar-refractivity contribution < 1.29 is 16.8 Å². The van der Waals surface area contributed by atoms with Crippen molar-refractivity contribution in [1.29, 1.82) is 0 Å². The summed E-state index contributed by atoms with van der Waals surface area (Å²) >= 11 is 4.49. The molecule has 0 aliphatic carbocycles. The maximum atomic E-state index is 11.3. The second-order valence-electron chi connectivity index (χ2n) is 3.84. The van der Waals surface area contributed by atoms with Crippen molar-refractivity contribution in [2.45, 2.75) is 6.42 Å². The molecule has 0 radical (unpaired) electrons. The highest BCUT2D eigenvalue weighted by Crippen LogP contribution is 2.17. The van der Waals surface area contributed by atoms with E-state index in [2.05, 4.69) is 16.9 Å². The molecule has 1 fully saturated rings. The standard InChI is InChI=1S/C7H14N2O4S3/c8-7(14)5-16(12,13)9-3-6-1-2-15(10,11)4-6/h6,9H,1-5H2,(H2,8,14). The van der Waals surface area contributed by atoms with Crippen molar-refractivity contribution in [3.05, 3.63) is 0 Å². The van der Waals surface area contributed by atoms with Gasteiger partial charge < -0.3 is 5.73 Å². The van der Waals surface area contributed by atoms with E-state index in [0.717, 1.165) is 0 Å². The van der Waals surface area contributed by atoms with Crippen molar-refractivity contribution in [2.24, 2.45) is 11.7 Å². The highest BCUT2D eigenvalue weighted by Gasteiger charge is 2.28. The largest absolute Gasteiger partial charge is 0.392 e. The van der Waals surface area contributed by atoms with Crippen molar-refractivity contribution in [3.8, 4) is 0 Å². The van der Waals surface area contributed by atoms with E-state index in [1.807, 2.05) is 0 Å². The highest BCUT2D eigenvalue weighted by atomic mass is 32.2. The molecule has 0 bridgehead atoms. The van der Waals surface area contributed by atoms with Gasteiger partial charge in [0.05, 0.1) is 16.5 Å². The molecule has 0 aromatic heterocycles. The van der Waals surface area contributed by atoms with Crippen LogP contribution in [0.3, 0.4) is 0 Å². The molecule has 94 valence electrons. The van der Waals surface area contributed by atoms with Gasteiger partial charge in [-0.05, 0) is 12.3 Å². The summed E-state index contributed by atoms with van der Waals surface area (Å²) in [7, 11) is -6.49. The molecule has 0 aromatic rings. The molecule has 1 unspecified atom stereocenters. The molecule has 16 heavy (non-hydrogen) atoms. The minimum Gasteiger partial charge on any atom is -0.392 e. The number of nitrogens with two attached hydrogens (primary N) is 1. The van der Waals surface area contributed by atoms with Crippen LogP contribution in [0.15, 0.2) is 0 Å². The van der Waals surface area contributed by atoms with Gasteiger partial charge in [0.15, 0.2) is 9.84 Å². The van der Waals surface area contributed by atoms with Crippen LogP contribution in [0.25, 0.3) is 0 Å². The van der Waals surface area contributed by atoms with Crippen LogP contribution in [-0.2, 0) is 19.9 Å². The first kappa shape index (κ1) is 13.8. The fourth-order valence-electron chi connectivity index (χ4n) is 1.52. The van der Waals surface area contributed by atoms with E-state index in [9.17, 15) is 16.8 Å². The lowest BCUT2D eigenvalue weighted by atomic mass is 10.1. The topological polar surface area (TPSA) is 106 Å². The van der Waals surface area contributed by atoms with E-state index in [4.69, 9.17) is 5.73 Å². The molecule has 1 aliphatic heterocycles. The maximum absolute atomic E-state index is 11.3. The third kappa shape index (κ3) is 4.73. The monoisotopic (exact) mass is 286 g/mol. The van der Waals surface area contributed by atoms with Crippen LogP contribution in [0.1, 0.15) is 6.42 Å². The van der Waals surface area contributed by atoms with Crippen LogP contribution in [0.5, 0.6) is 0 Å². The predicted octanol–water partition coefficient (Wildman–Crippen LogP) is -1.37. The first-order valence-electron chi connectivity index (χ1n) is 4.66. The number of sulfone groups is 1. The van der Waals surface area contributed by atoms with Gasteiger partial charge in [0.1, 0.15) is 5.75 Å². The van der Waals surface area contributed by atoms with Gasteiger partial charge in [-0.1, -0.05) is 12.2 Å². The molecule has 3 N–H and O–H groups in total. The van der Waals surface area contributed by atoms with E-state index in [1.54, 1.807) is 0 Å². The second kappa shape index (κ2) is 4.94. The summed E-state index contributed by atoms with van der Waals surface area (Å²) in [6, 6.07) is 0. The molecule has 1 saturated heterocycles. The van der Waals surface area contributed by atoms with E-state index in [1.165, 1.54) is 0 Å². The highest BCUT2D eigenvalue weighted by molar-refractivity contribution is 7.92. The van der Waals surface area contributed by atoms with Crippen LogP contribution >= 0.6 is 12.2 Å². The lowest BCUT2D eigenvalue weighted by Crippen LogP contribution is -2.35. The van der Waals surface area contributed by atoms with Crippen molar-refractivity contribution in [3.63, 3.8) is 0 Å². The summed E-state index contributed by atoms with van der Waals surface area (Å²) < 4.78 is 47.2. The lowest BCUT2D eigenvalue weighted by molar-refractivity contribution is 0.545. The van der Waals surface area contributed by atoms with Crippen LogP contribution in [0.4, 0.5) is 0 Å². The predicted molar refractivity (Wildman–Crippen MR) is 65.3 cm³/mol. The first-order valence-corrected chi connectivity index (χ1v) is 8.54. The molecule has 1 aliphatic rings. The molecule has 1 rings (SSSR count). The zero-order chi connectivity index (χ0) is 12.4. The molecule has 0 amide bonds. The molecule has 0 saturated carbocycles. The Labute approximate surface area is 101 Å². The van der Waals surface area contributed by atoms with Gasteiger partial charge in [-0.25, -0.2) is 21.6 Å². The zero-order valence-corrected chi connectivity index (χ0v) is 11.0. The second-order valence-corrected chi connectivity index (χ2v) is 8.40. The van der Waals surface area contributed by atoms with Gasteiger partial charge in [0, 0.05) is 6.54 Å². The number of rotatable bonds is 5. The van der Waals surface area contributed by atoms with Crippen LogP contribution in [0.2, 0.25) is 0 Å². The molecular weight excluding hydrogens is 272 g/mol. The Morgan fingerprint density at radius 2 is 2.12 bits per heavy atom. The van der Waals surface area contributed by atoms with E-state index in [0.29, 0.717) is 6.42 Å². The Hall–Kier alpha value is -0.250. The summed E-state index contributed by atoms with van der Waals surface area (Å²) in [4.78, 5) is -0.105. The summed E-state index contributed by atoms with van der Waals surface area (Å²) in [5.74, 6) is -0.370. The normalized spacial score (nSPS) is 24.4. The molecule has 6 nitrogen and oxygen atoms in total. The Morgan fingerprint density at radius 1 is 1.50 bits per heavy atom. The average Bonchev–Trinajstić information content (AvgIpc) is 2.40. The summed E-state index contributed by atoms with van der Waals surface area (Å²) in [5, 5.41) is 0. The first-order chi connectivity index (χ1) is 7.20. The van der Waals surface area contributed by atoms with Gasteiger partial charge in [0.25, 0.3) is 0 Å². The summed E-state index contributed by atoms with van der Waals surface area (Å²) in [6.07, 6.45) is 0.498. The van der Waals surface area contributed by atoms with E-state index in [-0.39, 0.29) is 29.0 Å². The van der Waals surface area contributed by atoms with Crippen molar-refractivity contribution >= 4 is 37.1 Å². The van der Waals surface area contributed by atoms with Gasteiger partial charge >= 0.3 is 0 Å². The van der Waals surface area contributed by atoms with Crippen LogP contribution in [0, 0.1) is 5.92 Å². The van der Waals surface area contributed by atoms with Gasteiger partial charge in [0.2, 0.25) is 10.0 Å². The maximum Gasteiger partial charge on any atom is 0.218 e. The van der Waals surface area contributed by atoms with Crippen molar-refractivity contribution in [1.82, 2.24) is 4.72 Å². The molecule has 1 atom stereocenters. The Kier molecular flexibility index (Phi) is 4.27. The zero-order valence-electron chi connectivity index (χ0n) is 8.55. The summed E-state index contributed by atoms with van der Waals surface area (Å²) in [6.45, 7) is 0.129. The van der Waals surface area contributed by atoms with Crippen LogP contribution < -0.4 is 10.5 Å². The van der Waals surface area contributed by atoms with Crippen molar-refractivity contribution in [2.75, 3.05) is 23.8 Å². The lowest BCUT2D eigenvalue weighted by Gasteiger charge is -2.09. The number of sulfonamides is 1. The Bertz CT molecular complexity index is 468. The van der Waals surface area contributed by atoms with Gasteiger partial charge in [-0.2, -0.15) is 0 Å². The van der Waals surface area contributed by atoms with Crippen LogP contribution in [-0.4, -0.2) is 45.6 Å². The number of thiocarbonyl (C=S) groups is 1. The molecule has 0 spiro atoms. The number of hydrogen-bond donors (Lipinski definition) is 2. The van der Waals surface area contributed by atoms with Gasteiger partial charge in [-0.15, -0.1) is 0 Å². The van der Waals surface area contributed by atoms with E-state index < -0.39 is 25.6 Å². The third-order valence-corrected chi connectivity index (χ3v) is 5.71. The minimum atomic E-state index is -3.52. The fraction of sp³-hybridized carbons (Fsp3) is 0.857. The molecule has 9 heteroatoms. The SMILES string of the molecule is NC(=S)CS(=O)(=O)NCC1CCS(=O)(=O)C1. The number of nitrogens with one attached hydrogen (secondary N) is 1. The fourth-order valence-corrected chi connectivity index (χ4v) is 4.81. The number of hydrogen-bond acceptors (Lipinski definition) is 5. The van der Waals surface area contributed by atoms with E-state index >= 15 is 0 Å². The molecular formula is C7H14N2O4S3. The Balaban J connectivity index is 2.44. The summed E-state index contributed by atoms with van der Waals surface area (Å²) in [5.41, 5.74) is 5.12. The molecule has 0 aromatic carbocycles. The van der Waals surface area contributed by atoms with Gasteiger partial charge in [-0.3, -0.25) is 0 Å².